The van der Waals surface area contributed by atoms with Crippen LogP contribution in [0.25, 0.3) is 0 Å². The summed E-state index contributed by atoms with van der Waals surface area (Å²) in [7, 11) is -3.77. The smallest absolute Gasteiger partial charge is 0.303 e. The molecular formula is C16H22N2O5S. The normalized spacial score (nSPS) is 14.5. The van der Waals surface area contributed by atoms with Crippen molar-refractivity contribution in [1.29, 1.82) is 0 Å². The topological polar surface area (TPSA) is 104 Å². The SMILES string of the molecule is CC(=O)N1CCc2cc(S(=O)(=O)NC(C)(C)CCC(=O)O)ccc21. The van der Waals surface area contributed by atoms with Gasteiger partial charge in [0.2, 0.25) is 15.9 Å². The third kappa shape index (κ3) is 4.12. The fourth-order valence-corrected chi connectivity index (χ4v) is 4.26. The van der Waals surface area contributed by atoms with Gasteiger partial charge in [0.05, 0.1) is 4.90 Å². The van der Waals surface area contributed by atoms with Gasteiger partial charge in [-0.25, -0.2) is 13.1 Å². The van der Waals surface area contributed by atoms with Crippen molar-refractivity contribution in [1.82, 2.24) is 4.72 Å². The first-order chi connectivity index (χ1) is 11.0. The van der Waals surface area contributed by atoms with Crippen LogP contribution in [-0.4, -0.2) is 37.5 Å². The van der Waals surface area contributed by atoms with E-state index < -0.39 is 21.5 Å². The summed E-state index contributed by atoms with van der Waals surface area (Å²) >= 11 is 0. The molecule has 0 saturated heterocycles. The Kier molecular flexibility index (Phi) is 5.00. The maximum Gasteiger partial charge on any atom is 0.303 e. The molecule has 7 nitrogen and oxygen atoms in total. The first kappa shape index (κ1) is 18.4. The Morgan fingerprint density at radius 3 is 2.58 bits per heavy atom. The minimum atomic E-state index is -3.77. The predicted molar refractivity (Wildman–Crippen MR) is 89.4 cm³/mol. The van der Waals surface area contributed by atoms with E-state index in [1.54, 1.807) is 30.9 Å². The number of anilines is 1. The van der Waals surface area contributed by atoms with Gasteiger partial charge in [0.15, 0.2) is 0 Å². The number of nitrogens with one attached hydrogen (secondary N) is 1. The molecule has 1 heterocycles. The first-order valence-electron chi connectivity index (χ1n) is 7.69. The summed E-state index contributed by atoms with van der Waals surface area (Å²) in [5.41, 5.74) is 0.685. The highest BCUT2D eigenvalue weighted by atomic mass is 32.2. The lowest BCUT2D eigenvalue weighted by molar-refractivity contribution is -0.137. The zero-order valence-electron chi connectivity index (χ0n) is 14.0. The van der Waals surface area contributed by atoms with Crippen LogP contribution in [0.15, 0.2) is 23.1 Å². The van der Waals surface area contributed by atoms with Crippen molar-refractivity contribution >= 4 is 27.6 Å². The van der Waals surface area contributed by atoms with Gasteiger partial charge < -0.3 is 10.0 Å². The summed E-state index contributed by atoms with van der Waals surface area (Å²) in [6, 6.07) is 4.69. The van der Waals surface area contributed by atoms with E-state index in [1.165, 1.54) is 13.0 Å². The minimum absolute atomic E-state index is 0.0720. The van der Waals surface area contributed by atoms with E-state index >= 15 is 0 Å². The van der Waals surface area contributed by atoms with Crippen LogP contribution in [-0.2, 0) is 26.0 Å². The summed E-state index contributed by atoms with van der Waals surface area (Å²) < 4.78 is 27.7. The van der Waals surface area contributed by atoms with Crippen molar-refractivity contribution < 1.29 is 23.1 Å². The summed E-state index contributed by atoms with van der Waals surface area (Å²) in [6.07, 6.45) is 0.679. The van der Waals surface area contributed by atoms with E-state index in [0.29, 0.717) is 13.0 Å². The number of carbonyl (C=O) groups is 2. The highest BCUT2D eigenvalue weighted by Crippen LogP contribution is 2.30. The fourth-order valence-electron chi connectivity index (χ4n) is 2.77. The largest absolute Gasteiger partial charge is 0.481 e. The molecule has 0 radical (unpaired) electrons. The highest BCUT2D eigenvalue weighted by Gasteiger charge is 2.29. The van der Waals surface area contributed by atoms with Gasteiger partial charge >= 0.3 is 5.97 Å². The molecule has 24 heavy (non-hydrogen) atoms. The molecule has 1 amide bonds. The van der Waals surface area contributed by atoms with E-state index in [4.69, 9.17) is 5.11 Å². The van der Waals surface area contributed by atoms with Crippen LogP contribution in [0.5, 0.6) is 0 Å². The molecule has 1 aromatic rings. The summed E-state index contributed by atoms with van der Waals surface area (Å²) in [4.78, 5) is 24.0. The molecule has 2 rings (SSSR count). The van der Waals surface area contributed by atoms with Crippen LogP contribution >= 0.6 is 0 Å². The number of hydrogen-bond acceptors (Lipinski definition) is 4. The number of sulfonamides is 1. The lowest BCUT2D eigenvalue weighted by Crippen LogP contribution is -2.43. The van der Waals surface area contributed by atoms with Gasteiger partial charge in [-0.05, 0) is 50.5 Å². The van der Waals surface area contributed by atoms with Crippen molar-refractivity contribution in [2.45, 2.75) is 50.5 Å². The Morgan fingerprint density at radius 2 is 2.00 bits per heavy atom. The average molecular weight is 354 g/mol. The molecule has 1 aromatic carbocycles. The van der Waals surface area contributed by atoms with Crippen molar-refractivity contribution in [2.24, 2.45) is 0 Å². The molecule has 2 N–H and O–H groups in total. The molecule has 132 valence electrons. The van der Waals surface area contributed by atoms with Gasteiger partial charge in [-0.3, -0.25) is 9.59 Å². The number of fused-ring (bicyclic) bond motifs is 1. The third-order valence-electron chi connectivity index (χ3n) is 4.01. The van der Waals surface area contributed by atoms with Crippen LogP contribution in [0.3, 0.4) is 0 Å². The number of hydrogen-bond donors (Lipinski definition) is 2. The van der Waals surface area contributed by atoms with Gasteiger partial charge in [0.1, 0.15) is 0 Å². The van der Waals surface area contributed by atoms with E-state index in [0.717, 1.165) is 11.3 Å². The monoisotopic (exact) mass is 354 g/mol. The lowest BCUT2D eigenvalue weighted by Gasteiger charge is -2.25. The van der Waals surface area contributed by atoms with Crippen LogP contribution in [0.4, 0.5) is 5.69 Å². The van der Waals surface area contributed by atoms with E-state index in [1.807, 2.05) is 0 Å². The molecule has 0 bridgehead atoms. The van der Waals surface area contributed by atoms with Gasteiger partial charge in [0.25, 0.3) is 0 Å². The molecule has 0 aliphatic carbocycles. The predicted octanol–water partition coefficient (Wildman–Crippen LogP) is 1.52. The Balaban J connectivity index is 2.22. The maximum atomic E-state index is 12.6. The molecule has 0 atom stereocenters. The maximum absolute atomic E-state index is 12.6. The highest BCUT2D eigenvalue weighted by molar-refractivity contribution is 7.89. The van der Waals surface area contributed by atoms with Gasteiger partial charge in [-0.15, -0.1) is 0 Å². The number of rotatable bonds is 6. The second-order valence-electron chi connectivity index (χ2n) is 6.59. The summed E-state index contributed by atoms with van der Waals surface area (Å²) in [5, 5.41) is 8.76. The summed E-state index contributed by atoms with van der Waals surface area (Å²) in [5.74, 6) is -1.04. The number of carboxylic acid groups (broad SMARTS) is 1. The van der Waals surface area contributed by atoms with Crippen LogP contribution in [0.1, 0.15) is 39.2 Å². The average Bonchev–Trinajstić information content (AvgIpc) is 2.87. The fraction of sp³-hybridized carbons (Fsp3) is 0.500. The number of benzene rings is 1. The van der Waals surface area contributed by atoms with Crippen LogP contribution in [0.2, 0.25) is 0 Å². The molecule has 0 saturated carbocycles. The van der Waals surface area contributed by atoms with Crippen molar-refractivity contribution in [3.05, 3.63) is 23.8 Å². The van der Waals surface area contributed by atoms with E-state index in [-0.39, 0.29) is 23.6 Å². The van der Waals surface area contributed by atoms with Crippen molar-refractivity contribution in [3.8, 4) is 0 Å². The molecular weight excluding hydrogens is 332 g/mol. The zero-order valence-corrected chi connectivity index (χ0v) is 14.8. The van der Waals surface area contributed by atoms with E-state index in [9.17, 15) is 18.0 Å². The lowest BCUT2D eigenvalue weighted by atomic mass is 10.0. The molecule has 0 aromatic heterocycles. The Bertz CT molecular complexity index is 771. The van der Waals surface area contributed by atoms with E-state index in [2.05, 4.69) is 4.72 Å². The van der Waals surface area contributed by atoms with Crippen LogP contribution < -0.4 is 9.62 Å². The van der Waals surface area contributed by atoms with Crippen LogP contribution in [0, 0.1) is 0 Å². The first-order valence-corrected chi connectivity index (χ1v) is 9.17. The second-order valence-corrected chi connectivity index (χ2v) is 8.28. The second kappa shape index (κ2) is 6.52. The number of carbonyl (C=O) groups excluding carboxylic acids is 1. The Morgan fingerprint density at radius 1 is 1.33 bits per heavy atom. The Labute approximate surface area is 141 Å². The van der Waals surface area contributed by atoms with Gasteiger partial charge in [0, 0.05) is 31.1 Å². The molecule has 0 unspecified atom stereocenters. The number of carboxylic acids is 1. The van der Waals surface area contributed by atoms with Gasteiger partial charge in [-0.2, -0.15) is 0 Å². The number of nitrogens with zero attached hydrogens (tertiary/aromatic N) is 1. The molecule has 8 heteroatoms. The minimum Gasteiger partial charge on any atom is -0.481 e. The van der Waals surface area contributed by atoms with Gasteiger partial charge in [-0.1, -0.05) is 0 Å². The van der Waals surface area contributed by atoms with Crippen molar-refractivity contribution in [2.75, 3.05) is 11.4 Å². The van der Waals surface area contributed by atoms with Crippen molar-refractivity contribution in [3.63, 3.8) is 0 Å². The Hall–Kier alpha value is -1.93. The molecule has 0 spiro atoms. The quantitative estimate of drug-likeness (QED) is 0.806. The molecule has 1 aliphatic heterocycles. The standard InChI is InChI=1S/C16H22N2O5S/c1-11(19)18-9-7-12-10-13(4-5-14(12)18)24(22,23)17-16(2,3)8-6-15(20)21/h4-5,10,17H,6-9H2,1-3H3,(H,20,21). The third-order valence-corrected chi connectivity index (χ3v) is 5.71. The molecule has 1 aliphatic rings. The number of amides is 1. The number of aliphatic carboxylic acids is 1. The zero-order chi connectivity index (χ0) is 18.1. The molecule has 0 fully saturated rings. The summed E-state index contributed by atoms with van der Waals surface area (Å²) in [6.45, 7) is 5.33.